The highest BCUT2D eigenvalue weighted by Crippen LogP contribution is 2.39. The standard InChI is InChI=1S/C40H38ClN3O3.ClH/c1-3-36(43-37-21-17-27-12-7-8-15-32(27)37)40(46)44-39(45)34-19-16-29(26-10-5-4-6-11-26)23-35(34)33-20-18-30(41)24-38(33)47-31-14-9-13-28(22-31)25(2)42;/h4-16,18-20,22-25,36-37,43H,3,17,21,42H2,1-2H3,(H,44,45,46);1H/t25-,36?,37+;/m0./s1. The van der Waals surface area contributed by atoms with Crippen molar-refractivity contribution in [1.82, 2.24) is 10.6 Å². The number of carbonyl (C=O) groups excluding carboxylic acids is 2. The maximum absolute atomic E-state index is 14.0. The molecule has 3 atom stereocenters. The van der Waals surface area contributed by atoms with Crippen molar-refractivity contribution in [1.29, 1.82) is 0 Å². The lowest BCUT2D eigenvalue weighted by Gasteiger charge is -2.22. The molecule has 5 aromatic rings. The predicted octanol–water partition coefficient (Wildman–Crippen LogP) is 9.22. The van der Waals surface area contributed by atoms with Gasteiger partial charge in [0.1, 0.15) is 11.5 Å². The van der Waals surface area contributed by atoms with Crippen molar-refractivity contribution in [2.24, 2.45) is 5.73 Å². The number of aryl methyl sites for hydroxylation is 1. The summed E-state index contributed by atoms with van der Waals surface area (Å²) in [5, 5.41) is 6.68. The van der Waals surface area contributed by atoms with Gasteiger partial charge in [-0.25, -0.2) is 0 Å². The van der Waals surface area contributed by atoms with Crippen molar-refractivity contribution in [2.75, 3.05) is 0 Å². The number of ether oxygens (including phenoxy) is 1. The highest BCUT2D eigenvalue weighted by molar-refractivity contribution is 6.30. The van der Waals surface area contributed by atoms with Crippen molar-refractivity contribution in [2.45, 2.75) is 51.2 Å². The Balaban J connectivity index is 0.00000451. The molecule has 0 bridgehead atoms. The van der Waals surface area contributed by atoms with E-state index in [2.05, 4.69) is 22.8 Å². The fourth-order valence-electron chi connectivity index (χ4n) is 6.19. The molecular formula is C40H39Cl2N3O3. The van der Waals surface area contributed by atoms with Crippen LogP contribution in [0.3, 0.4) is 0 Å². The van der Waals surface area contributed by atoms with E-state index in [0.717, 1.165) is 29.5 Å². The Labute approximate surface area is 293 Å². The van der Waals surface area contributed by atoms with Gasteiger partial charge in [0, 0.05) is 34.3 Å². The molecule has 1 aliphatic carbocycles. The summed E-state index contributed by atoms with van der Waals surface area (Å²) in [6, 6.07) is 36.1. The quantitative estimate of drug-likeness (QED) is 0.137. The van der Waals surface area contributed by atoms with Crippen molar-refractivity contribution in [3.8, 4) is 33.8 Å². The van der Waals surface area contributed by atoms with Crippen LogP contribution in [0.15, 0.2) is 115 Å². The van der Waals surface area contributed by atoms with Crippen LogP contribution >= 0.6 is 24.0 Å². The molecule has 0 aromatic heterocycles. The number of carbonyl (C=O) groups is 2. The molecule has 6 rings (SSSR count). The second-order valence-corrected chi connectivity index (χ2v) is 12.4. The largest absolute Gasteiger partial charge is 0.457 e. The van der Waals surface area contributed by atoms with Gasteiger partial charge < -0.3 is 10.5 Å². The van der Waals surface area contributed by atoms with Crippen LogP contribution in [0.2, 0.25) is 5.02 Å². The van der Waals surface area contributed by atoms with Crippen LogP contribution in [-0.4, -0.2) is 17.9 Å². The minimum absolute atomic E-state index is 0. The second-order valence-electron chi connectivity index (χ2n) is 12.0. The first-order valence-electron chi connectivity index (χ1n) is 16.0. The van der Waals surface area contributed by atoms with E-state index in [4.69, 9.17) is 22.1 Å². The van der Waals surface area contributed by atoms with E-state index in [-0.39, 0.29) is 30.4 Å². The fourth-order valence-corrected chi connectivity index (χ4v) is 6.35. The van der Waals surface area contributed by atoms with Crippen LogP contribution in [0.5, 0.6) is 11.5 Å². The van der Waals surface area contributed by atoms with Gasteiger partial charge in [0.15, 0.2) is 0 Å². The number of amides is 2. The summed E-state index contributed by atoms with van der Waals surface area (Å²) in [5.74, 6) is 0.212. The molecular weight excluding hydrogens is 641 g/mol. The number of nitrogens with two attached hydrogens (primary N) is 1. The monoisotopic (exact) mass is 679 g/mol. The Morgan fingerprint density at radius 3 is 2.42 bits per heavy atom. The van der Waals surface area contributed by atoms with Crippen molar-refractivity contribution < 1.29 is 14.3 Å². The SMILES string of the molecule is CCC(N[C@@H]1CCc2ccccc21)C(=O)NC(=O)c1ccc(-c2ccccc2)cc1-c1ccc(Cl)cc1Oc1cccc([C@H](C)N)c1.Cl. The van der Waals surface area contributed by atoms with Gasteiger partial charge in [0.2, 0.25) is 5.91 Å². The van der Waals surface area contributed by atoms with E-state index >= 15 is 0 Å². The van der Waals surface area contributed by atoms with Crippen LogP contribution in [0, 0.1) is 0 Å². The molecule has 246 valence electrons. The molecule has 5 aromatic carbocycles. The third-order valence-electron chi connectivity index (χ3n) is 8.71. The third kappa shape index (κ3) is 7.80. The van der Waals surface area contributed by atoms with E-state index in [9.17, 15) is 9.59 Å². The van der Waals surface area contributed by atoms with E-state index in [1.807, 2.05) is 98.8 Å². The van der Waals surface area contributed by atoms with Gasteiger partial charge in [0.25, 0.3) is 5.91 Å². The Kier molecular flexibility index (Phi) is 11.3. The first-order chi connectivity index (χ1) is 22.8. The van der Waals surface area contributed by atoms with Gasteiger partial charge in [-0.1, -0.05) is 91.3 Å². The van der Waals surface area contributed by atoms with Gasteiger partial charge >= 0.3 is 0 Å². The number of hydrogen-bond donors (Lipinski definition) is 3. The normalized spacial score (nSPS) is 14.7. The summed E-state index contributed by atoms with van der Waals surface area (Å²) in [5.41, 5.74) is 13.1. The zero-order chi connectivity index (χ0) is 32.9. The van der Waals surface area contributed by atoms with E-state index in [1.54, 1.807) is 18.2 Å². The number of imide groups is 1. The van der Waals surface area contributed by atoms with Crippen LogP contribution in [-0.2, 0) is 11.2 Å². The summed E-state index contributed by atoms with van der Waals surface area (Å²) in [7, 11) is 0. The Morgan fingerprint density at radius 2 is 1.65 bits per heavy atom. The van der Waals surface area contributed by atoms with Crippen molar-refractivity contribution >= 4 is 35.8 Å². The first-order valence-corrected chi connectivity index (χ1v) is 16.4. The molecule has 4 N–H and O–H groups in total. The van der Waals surface area contributed by atoms with Crippen LogP contribution in [0.25, 0.3) is 22.3 Å². The fraction of sp³-hybridized carbons (Fsp3) is 0.200. The van der Waals surface area contributed by atoms with Crippen LogP contribution < -0.4 is 21.1 Å². The molecule has 0 saturated heterocycles. The molecule has 0 saturated carbocycles. The summed E-state index contributed by atoms with van der Waals surface area (Å²) >= 11 is 6.47. The summed E-state index contributed by atoms with van der Waals surface area (Å²) in [4.78, 5) is 27.6. The number of hydrogen-bond acceptors (Lipinski definition) is 5. The average molecular weight is 681 g/mol. The maximum atomic E-state index is 14.0. The Morgan fingerprint density at radius 1 is 0.875 bits per heavy atom. The molecule has 6 nitrogen and oxygen atoms in total. The molecule has 0 fully saturated rings. The molecule has 2 amide bonds. The number of halogens is 2. The number of fused-ring (bicyclic) bond motifs is 1. The highest BCUT2D eigenvalue weighted by atomic mass is 35.5. The molecule has 0 spiro atoms. The van der Waals surface area contributed by atoms with E-state index in [0.29, 0.717) is 39.6 Å². The minimum Gasteiger partial charge on any atom is -0.457 e. The minimum atomic E-state index is -0.534. The second kappa shape index (κ2) is 15.6. The van der Waals surface area contributed by atoms with E-state index < -0.39 is 11.9 Å². The molecule has 0 aliphatic heterocycles. The van der Waals surface area contributed by atoms with Crippen LogP contribution in [0.1, 0.15) is 65.8 Å². The lowest BCUT2D eigenvalue weighted by atomic mass is 9.93. The highest BCUT2D eigenvalue weighted by Gasteiger charge is 2.28. The zero-order valence-electron chi connectivity index (χ0n) is 26.9. The first kappa shape index (κ1) is 34.9. The lowest BCUT2D eigenvalue weighted by molar-refractivity contribution is -0.122. The lowest BCUT2D eigenvalue weighted by Crippen LogP contribution is -2.47. The van der Waals surface area contributed by atoms with Gasteiger partial charge in [-0.3, -0.25) is 20.2 Å². The zero-order valence-corrected chi connectivity index (χ0v) is 28.5. The average Bonchev–Trinajstić information content (AvgIpc) is 3.50. The van der Waals surface area contributed by atoms with Gasteiger partial charge in [-0.05, 0) is 96.0 Å². The Bertz CT molecular complexity index is 1910. The summed E-state index contributed by atoms with van der Waals surface area (Å²) in [6.07, 6.45) is 2.41. The third-order valence-corrected chi connectivity index (χ3v) is 8.95. The molecule has 1 aliphatic rings. The molecule has 48 heavy (non-hydrogen) atoms. The van der Waals surface area contributed by atoms with Crippen molar-refractivity contribution in [3.05, 3.63) is 143 Å². The van der Waals surface area contributed by atoms with Crippen LogP contribution in [0.4, 0.5) is 0 Å². The number of rotatable bonds is 10. The number of nitrogens with one attached hydrogen (secondary N) is 2. The van der Waals surface area contributed by atoms with Gasteiger partial charge in [-0.2, -0.15) is 0 Å². The molecule has 0 radical (unpaired) electrons. The smallest absolute Gasteiger partial charge is 0.258 e. The maximum Gasteiger partial charge on any atom is 0.258 e. The van der Waals surface area contributed by atoms with Gasteiger partial charge in [0.05, 0.1) is 6.04 Å². The Hall–Kier alpha value is -4.46. The molecule has 1 unspecified atom stereocenters. The molecule has 8 heteroatoms. The topological polar surface area (TPSA) is 93.5 Å². The predicted molar refractivity (Wildman–Crippen MR) is 196 cm³/mol. The molecule has 0 heterocycles. The summed E-state index contributed by atoms with van der Waals surface area (Å²) in [6.45, 7) is 3.86. The van der Waals surface area contributed by atoms with E-state index in [1.165, 1.54) is 11.1 Å². The number of benzene rings is 5. The summed E-state index contributed by atoms with van der Waals surface area (Å²) < 4.78 is 6.41. The van der Waals surface area contributed by atoms with Crippen molar-refractivity contribution in [3.63, 3.8) is 0 Å². The van der Waals surface area contributed by atoms with Gasteiger partial charge in [-0.15, -0.1) is 12.4 Å².